The molecule has 0 aliphatic carbocycles. The van der Waals surface area contributed by atoms with Gasteiger partial charge in [0.2, 0.25) is 0 Å². The van der Waals surface area contributed by atoms with Crippen molar-refractivity contribution in [2.24, 2.45) is 0 Å². The number of nitrogens with zero attached hydrogens (tertiary/aromatic N) is 1. The van der Waals surface area contributed by atoms with Crippen LogP contribution in [0.1, 0.15) is 18.4 Å². The van der Waals surface area contributed by atoms with E-state index in [-0.39, 0.29) is 11.5 Å². The SMILES string of the molecule is CN(CCc1ccc(Cl)cc1)CC1(O)CCS(=O)(=O)CC1. The minimum absolute atomic E-state index is 0.0918. The van der Waals surface area contributed by atoms with Crippen molar-refractivity contribution in [3.05, 3.63) is 34.9 Å². The number of benzene rings is 1. The number of hydrogen-bond donors (Lipinski definition) is 1. The second-order valence-corrected chi connectivity index (χ2v) is 8.73. The van der Waals surface area contributed by atoms with Crippen molar-refractivity contribution in [1.29, 1.82) is 0 Å². The van der Waals surface area contributed by atoms with Gasteiger partial charge in [-0.1, -0.05) is 23.7 Å². The summed E-state index contributed by atoms with van der Waals surface area (Å²) >= 11 is 5.85. The first kappa shape index (κ1) is 16.7. The predicted molar refractivity (Wildman–Crippen MR) is 85.5 cm³/mol. The normalized spacial score (nSPS) is 20.6. The molecule has 1 aliphatic heterocycles. The van der Waals surface area contributed by atoms with Crippen LogP contribution in [0.15, 0.2) is 24.3 Å². The minimum Gasteiger partial charge on any atom is -0.388 e. The van der Waals surface area contributed by atoms with E-state index in [1.807, 2.05) is 31.3 Å². The largest absolute Gasteiger partial charge is 0.388 e. The van der Waals surface area contributed by atoms with E-state index in [1.54, 1.807) is 0 Å². The first-order valence-corrected chi connectivity index (χ1v) is 9.34. The summed E-state index contributed by atoms with van der Waals surface area (Å²) in [6, 6.07) is 7.74. The molecule has 0 bridgehead atoms. The fourth-order valence-electron chi connectivity index (χ4n) is 2.63. The molecule has 1 saturated heterocycles. The predicted octanol–water partition coefficient (Wildman–Crippen LogP) is 1.75. The summed E-state index contributed by atoms with van der Waals surface area (Å²) < 4.78 is 22.9. The van der Waals surface area contributed by atoms with Gasteiger partial charge >= 0.3 is 0 Å². The molecule has 0 atom stereocenters. The third-order valence-corrected chi connectivity index (χ3v) is 5.92. The standard InChI is InChI=1S/C15H22ClNO3S/c1-17(9-6-13-2-4-14(16)5-3-13)12-15(18)7-10-21(19,20)11-8-15/h2-5,18H,6-12H2,1H3. The highest BCUT2D eigenvalue weighted by atomic mass is 35.5. The summed E-state index contributed by atoms with van der Waals surface area (Å²) in [4.78, 5) is 2.06. The van der Waals surface area contributed by atoms with Crippen molar-refractivity contribution in [1.82, 2.24) is 4.90 Å². The minimum atomic E-state index is -2.94. The number of likely N-dealkylation sites (N-methyl/N-ethyl adjacent to an activating group) is 1. The van der Waals surface area contributed by atoms with Gasteiger partial charge in [0, 0.05) is 18.1 Å². The number of rotatable bonds is 5. The van der Waals surface area contributed by atoms with Crippen LogP contribution in [-0.4, -0.2) is 55.7 Å². The van der Waals surface area contributed by atoms with Crippen LogP contribution in [0.5, 0.6) is 0 Å². The molecule has 1 heterocycles. The van der Waals surface area contributed by atoms with Crippen LogP contribution in [0.3, 0.4) is 0 Å². The summed E-state index contributed by atoms with van der Waals surface area (Å²) in [5, 5.41) is 11.2. The Morgan fingerprint density at radius 2 is 1.81 bits per heavy atom. The Labute approximate surface area is 131 Å². The third-order valence-electron chi connectivity index (χ3n) is 4.02. The summed E-state index contributed by atoms with van der Waals surface area (Å²) in [5.41, 5.74) is 0.324. The monoisotopic (exact) mass is 331 g/mol. The van der Waals surface area contributed by atoms with Crippen LogP contribution in [0, 0.1) is 0 Å². The highest BCUT2D eigenvalue weighted by molar-refractivity contribution is 7.91. The van der Waals surface area contributed by atoms with E-state index in [0.29, 0.717) is 19.4 Å². The topological polar surface area (TPSA) is 57.6 Å². The van der Waals surface area contributed by atoms with Crippen LogP contribution >= 0.6 is 11.6 Å². The average Bonchev–Trinajstić information content (AvgIpc) is 2.42. The van der Waals surface area contributed by atoms with Gasteiger partial charge in [0.05, 0.1) is 17.1 Å². The second-order valence-electron chi connectivity index (χ2n) is 5.99. The first-order valence-electron chi connectivity index (χ1n) is 7.14. The van der Waals surface area contributed by atoms with E-state index in [9.17, 15) is 13.5 Å². The molecule has 0 amide bonds. The van der Waals surface area contributed by atoms with Crippen LogP contribution in [0.4, 0.5) is 0 Å². The molecule has 1 aromatic carbocycles. The molecule has 2 rings (SSSR count). The summed E-state index contributed by atoms with van der Waals surface area (Å²) in [6.07, 6.45) is 1.54. The molecule has 0 aromatic heterocycles. The number of halogens is 1. The maximum Gasteiger partial charge on any atom is 0.150 e. The van der Waals surface area contributed by atoms with Crippen LogP contribution in [0.2, 0.25) is 5.02 Å². The van der Waals surface area contributed by atoms with E-state index < -0.39 is 15.4 Å². The molecular formula is C15H22ClNO3S. The van der Waals surface area contributed by atoms with Gasteiger partial charge in [-0.25, -0.2) is 8.42 Å². The molecule has 21 heavy (non-hydrogen) atoms. The van der Waals surface area contributed by atoms with Crippen LogP contribution in [0.25, 0.3) is 0 Å². The fourth-order valence-corrected chi connectivity index (χ4v) is 4.34. The van der Waals surface area contributed by atoms with E-state index in [1.165, 1.54) is 5.56 Å². The summed E-state index contributed by atoms with van der Waals surface area (Å²) in [5.74, 6) is 0.184. The van der Waals surface area contributed by atoms with Crippen molar-refractivity contribution in [3.63, 3.8) is 0 Å². The van der Waals surface area contributed by atoms with E-state index in [0.717, 1.165) is 18.0 Å². The molecule has 6 heteroatoms. The molecular weight excluding hydrogens is 310 g/mol. The molecule has 0 unspecified atom stereocenters. The van der Waals surface area contributed by atoms with Crippen molar-refractivity contribution in [3.8, 4) is 0 Å². The van der Waals surface area contributed by atoms with Gasteiger partial charge in [-0.2, -0.15) is 0 Å². The molecule has 118 valence electrons. The lowest BCUT2D eigenvalue weighted by molar-refractivity contribution is 0.00172. The lowest BCUT2D eigenvalue weighted by Gasteiger charge is -2.35. The zero-order valence-corrected chi connectivity index (χ0v) is 13.8. The number of sulfone groups is 1. The van der Waals surface area contributed by atoms with Gasteiger partial charge in [0.15, 0.2) is 9.84 Å². The maximum absolute atomic E-state index is 11.4. The molecule has 0 radical (unpaired) electrons. The van der Waals surface area contributed by atoms with Gasteiger partial charge in [-0.15, -0.1) is 0 Å². The number of aliphatic hydroxyl groups is 1. The highest BCUT2D eigenvalue weighted by Gasteiger charge is 2.35. The Hall–Kier alpha value is -0.620. The maximum atomic E-state index is 11.4. The van der Waals surface area contributed by atoms with Gasteiger partial charge < -0.3 is 10.0 Å². The fraction of sp³-hybridized carbons (Fsp3) is 0.600. The Morgan fingerprint density at radius 1 is 1.24 bits per heavy atom. The smallest absolute Gasteiger partial charge is 0.150 e. The lowest BCUT2D eigenvalue weighted by atomic mass is 9.96. The van der Waals surface area contributed by atoms with Gasteiger partial charge in [0.25, 0.3) is 0 Å². The summed E-state index contributed by atoms with van der Waals surface area (Å²) in [6.45, 7) is 1.33. The van der Waals surface area contributed by atoms with Crippen molar-refractivity contribution < 1.29 is 13.5 Å². The Bertz CT molecular complexity index is 557. The number of hydrogen-bond acceptors (Lipinski definition) is 4. The van der Waals surface area contributed by atoms with Crippen molar-refractivity contribution >= 4 is 21.4 Å². The van der Waals surface area contributed by atoms with Crippen LogP contribution < -0.4 is 0 Å². The van der Waals surface area contributed by atoms with Crippen molar-refractivity contribution in [2.75, 3.05) is 31.6 Å². The molecule has 1 fully saturated rings. The van der Waals surface area contributed by atoms with Gasteiger partial charge in [-0.3, -0.25) is 0 Å². The van der Waals surface area contributed by atoms with E-state index in [2.05, 4.69) is 4.90 Å². The zero-order chi connectivity index (χ0) is 15.5. The Kier molecular flexibility index (Phi) is 5.30. The zero-order valence-electron chi connectivity index (χ0n) is 12.3. The van der Waals surface area contributed by atoms with E-state index >= 15 is 0 Å². The molecule has 0 spiro atoms. The van der Waals surface area contributed by atoms with E-state index in [4.69, 9.17) is 11.6 Å². The summed E-state index contributed by atoms with van der Waals surface area (Å²) in [7, 11) is -0.985. The quantitative estimate of drug-likeness (QED) is 0.893. The molecule has 1 aromatic rings. The first-order chi connectivity index (χ1) is 9.78. The second kappa shape index (κ2) is 6.65. The molecule has 1 aliphatic rings. The molecule has 1 N–H and O–H groups in total. The van der Waals surface area contributed by atoms with Gasteiger partial charge in [0.1, 0.15) is 0 Å². The van der Waals surface area contributed by atoms with Gasteiger partial charge in [-0.05, 0) is 44.0 Å². The third kappa shape index (κ3) is 5.25. The Morgan fingerprint density at radius 3 is 2.38 bits per heavy atom. The molecule has 4 nitrogen and oxygen atoms in total. The lowest BCUT2D eigenvalue weighted by Crippen LogP contribution is -2.47. The van der Waals surface area contributed by atoms with Crippen LogP contribution in [-0.2, 0) is 16.3 Å². The average molecular weight is 332 g/mol. The molecule has 0 saturated carbocycles. The highest BCUT2D eigenvalue weighted by Crippen LogP contribution is 2.24. The van der Waals surface area contributed by atoms with Crippen molar-refractivity contribution in [2.45, 2.75) is 24.9 Å². The Balaban J connectivity index is 1.81.